The number of hydrogen-bond acceptors (Lipinski definition) is 5. The van der Waals surface area contributed by atoms with Crippen molar-refractivity contribution >= 4 is 17.4 Å². The molecule has 5 nitrogen and oxygen atoms in total. The summed E-state index contributed by atoms with van der Waals surface area (Å²) in [7, 11) is 0. The highest BCUT2D eigenvalue weighted by Gasteiger charge is 2.14. The van der Waals surface area contributed by atoms with Crippen LogP contribution >= 0.6 is 11.5 Å². The molecule has 0 bridgehead atoms. The highest BCUT2D eigenvalue weighted by molar-refractivity contribution is 7.07. The molecule has 1 heterocycles. The van der Waals surface area contributed by atoms with E-state index in [0.717, 1.165) is 11.5 Å². The second-order valence-corrected chi connectivity index (χ2v) is 4.93. The van der Waals surface area contributed by atoms with Crippen molar-refractivity contribution < 1.29 is 9.90 Å². The highest BCUT2D eigenvalue weighted by atomic mass is 32.1. The smallest absolute Gasteiger partial charge is 0.265 e. The molecule has 0 aromatic carbocycles. The molecule has 1 rings (SSSR count). The van der Waals surface area contributed by atoms with Crippen LogP contribution in [0.25, 0.3) is 0 Å². The van der Waals surface area contributed by atoms with Gasteiger partial charge in [0.05, 0.1) is 11.8 Å². The van der Waals surface area contributed by atoms with Crippen LogP contribution in [0.3, 0.4) is 0 Å². The summed E-state index contributed by atoms with van der Waals surface area (Å²) < 4.78 is 3.69. The number of nitrogens with one attached hydrogen (secondary N) is 1. The van der Waals surface area contributed by atoms with Gasteiger partial charge in [-0.1, -0.05) is 18.3 Å². The molecule has 0 aliphatic heterocycles. The lowest BCUT2D eigenvalue weighted by Crippen LogP contribution is -2.32. The maximum atomic E-state index is 11.6. The fourth-order valence-corrected chi connectivity index (χ4v) is 1.93. The van der Waals surface area contributed by atoms with E-state index in [1.54, 1.807) is 6.92 Å². The van der Waals surface area contributed by atoms with E-state index in [1.807, 2.05) is 13.8 Å². The first-order chi connectivity index (χ1) is 7.50. The Morgan fingerprint density at radius 2 is 2.25 bits per heavy atom. The molecule has 0 fully saturated rings. The van der Waals surface area contributed by atoms with Gasteiger partial charge >= 0.3 is 0 Å². The minimum atomic E-state index is -0.495. The number of hydrogen-bond donors (Lipinski definition) is 2. The van der Waals surface area contributed by atoms with Crippen LogP contribution in [-0.2, 0) is 0 Å². The summed E-state index contributed by atoms with van der Waals surface area (Å²) in [5.41, 5.74) is 0.626. The summed E-state index contributed by atoms with van der Waals surface area (Å²) in [5, 5.41) is 16.0. The molecule has 2 N–H and O–H groups in total. The van der Waals surface area contributed by atoms with Gasteiger partial charge in [-0.25, -0.2) is 0 Å². The zero-order chi connectivity index (χ0) is 12.1. The molecule has 0 spiro atoms. The normalized spacial score (nSPS) is 12.8. The molecule has 1 aromatic heterocycles. The topological polar surface area (TPSA) is 75.1 Å². The van der Waals surface area contributed by atoms with Crippen molar-refractivity contribution in [3.8, 4) is 0 Å². The van der Waals surface area contributed by atoms with E-state index in [-0.39, 0.29) is 12.5 Å². The Labute approximate surface area is 99.0 Å². The molecule has 0 aliphatic rings. The van der Waals surface area contributed by atoms with E-state index in [4.69, 9.17) is 0 Å². The lowest BCUT2D eigenvalue weighted by atomic mass is 10.1. The van der Waals surface area contributed by atoms with E-state index in [0.29, 0.717) is 22.9 Å². The van der Waals surface area contributed by atoms with Crippen LogP contribution in [0.4, 0.5) is 0 Å². The number of carbonyl (C=O) groups is 1. The zero-order valence-corrected chi connectivity index (χ0v) is 10.5. The van der Waals surface area contributed by atoms with Crippen molar-refractivity contribution in [2.75, 3.05) is 6.54 Å². The average Bonchev–Trinajstić information content (AvgIpc) is 2.60. The maximum absolute atomic E-state index is 11.6. The summed E-state index contributed by atoms with van der Waals surface area (Å²) in [6, 6.07) is 0. The maximum Gasteiger partial charge on any atom is 0.265 e. The fraction of sp³-hybridized carbons (Fsp3) is 0.700. The molecule has 1 atom stereocenters. The second-order valence-electron chi connectivity index (χ2n) is 4.18. The van der Waals surface area contributed by atoms with Gasteiger partial charge in [-0.3, -0.25) is 4.79 Å². The number of aromatic nitrogens is 2. The average molecular weight is 243 g/mol. The molecule has 1 aromatic rings. The number of aliphatic hydroxyl groups is 1. The summed E-state index contributed by atoms with van der Waals surface area (Å²) in [6.07, 6.45) is 0.186. The van der Waals surface area contributed by atoms with Gasteiger partial charge < -0.3 is 10.4 Å². The van der Waals surface area contributed by atoms with Crippen molar-refractivity contribution in [2.24, 2.45) is 5.92 Å². The van der Waals surface area contributed by atoms with E-state index < -0.39 is 6.10 Å². The summed E-state index contributed by atoms with van der Waals surface area (Å²) in [6.45, 7) is 6.07. The van der Waals surface area contributed by atoms with Gasteiger partial charge in [0.2, 0.25) is 0 Å². The first-order valence-corrected chi connectivity index (χ1v) is 6.03. The van der Waals surface area contributed by atoms with Crippen LogP contribution in [0, 0.1) is 12.8 Å². The number of amides is 1. The zero-order valence-electron chi connectivity index (χ0n) is 9.73. The van der Waals surface area contributed by atoms with Crippen molar-refractivity contribution in [2.45, 2.75) is 33.3 Å². The van der Waals surface area contributed by atoms with Gasteiger partial charge in [-0.15, -0.1) is 5.10 Å². The molecule has 1 unspecified atom stereocenters. The lowest BCUT2D eigenvalue weighted by Gasteiger charge is -2.13. The van der Waals surface area contributed by atoms with Gasteiger partial charge in [0, 0.05) is 6.54 Å². The number of carbonyl (C=O) groups excluding carboxylic acids is 1. The third-order valence-electron chi connectivity index (χ3n) is 2.10. The third kappa shape index (κ3) is 3.86. The Morgan fingerprint density at radius 1 is 1.56 bits per heavy atom. The molecule has 0 saturated carbocycles. The van der Waals surface area contributed by atoms with E-state index in [2.05, 4.69) is 14.9 Å². The molecular weight excluding hydrogens is 226 g/mol. The summed E-state index contributed by atoms with van der Waals surface area (Å²) >= 11 is 1.07. The summed E-state index contributed by atoms with van der Waals surface area (Å²) in [5.74, 6) is 0.203. The standard InChI is InChI=1S/C10H17N3O2S/c1-6(2)4-8(14)5-11-10(15)9-7(3)12-13-16-9/h6,8,14H,4-5H2,1-3H3,(H,11,15). The predicted octanol–water partition coefficient (Wildman–Crippen LogP) is 0.983. The van der Waals surface area contributed by atoms with Gasteiger partial charge in [0.25, 0.3) is 5.91 Å². The lowest BCUT2D eigenvalue weighted by molar-refractivity contribution is 0.0903. The van der Waals surface area contributed by atoms with Gasteiger partial charge in [-0.05, 0) is 30.8 Å². The molecular formula is C10H17N3O2S. The van der Waals surface area contributed by atoms with Gasteiger partial charge in [0.1, 0.15) is 4.88 Å². The monoisotopic (exact) mass is 243 g/mol. The predicted molar refractivity (Wildman–Crippen MR) is 62.4 cm³/mol. The molecule has 0 saturated heterocycles. The first kappa shape index (κ1) is 13.1. The molecule has 16 heavy (non-hydrogen) atoms. The minimum Gasteiger partial charge on any atom is -0.391 e. The molecule has 1 amide bonds. The number of aryl methyl sites for hydroxylation is 1. The Bertz CT molecular complexity index is 352. The first-order valence-electron chi connectivity index (χ1n) is 5.26. The number of nitrogens with zero attached hydrogens (tertiary/aromatic N) is 2. The van der Waals surface area contributed by atoms with Crippen LogP contribution in [0.1, 0.15) is 35.6 Å². The molecule has 6 heteroatoms. The summed E-state index contributed by atoms with van der Waals surface area (Å²) in [4.78, 5) is 12.1. The largest absolute Gasteiger partial charge is 0.391 e. The quantitative estimate of drug-likeness (QED) is 0.808. The third-order valence-corrected chi connectivity index (χ3v) is 2.93. The van der Waals surface area contributed by atoms with Crippen molar-refractivity contribution in [3.05, 3.63) is 10.6 Å². The van der Waals surface area contributed by atoms with Crippen LogP contribution in [-0.4, -0.2) is 33.2 Å². The van der Waals surface area contributed by atoms with Gasteiger partial charge in [-0.2, -0.15) is 0 Å². The van der Waals surface area contributed by atoms with Crippen LogP contribution in [0.15, 0.2) is 0 Å². The number of rotatable bonds is 5. The Hall–Kier alpha value is -1.01. The Morgan fingerprint density at radius 3 is 2.75 bits per heavy atom. The van der Waals surface area contributed by atoms with Crippen molar-refractivity contribution in [3.63, 3.8) is 0 Å². The highest BCUT2D eigenvalue weighted by Crippen LogP contribution is 2.09. The van der Waals surface area contributed by atoms with Gasteiger partial charge in [0.15, 0.2) is 0 Å². The van der Waals surface area contributed by atoms with E-state index >= 15 is 0 Å². The molecule has 90 valence electrons. The Balaban J connectivity index is 2.39. The fourth-order valence-electron chi connectivity index (χ4n) is 1.36. The van der Waals surface area contributed by atoms with Crippen LogP contribution in [0.2, 0.25) is 0 Å². The van der Waals surface area contributed by atoms with Crippen LogP contribution in [0.5, 0.6) is 0 Å². The number of aliphatic hydroxyl groups excluding tert-OH is 1. The van der Waals surface area contributed by atoms with Crippen molar-refractivity contribution in [1.29, 1.82) is 0 Å². The van der Waals surface area contributed by atoms with E-state index in [1.165, 1.54) is 0 Å². The molecule has 0 radical (unpaired) electrons. The minimum absolute atomic E-state index is 0.213. The second kappa shape index (κ2) is 5.91. The molecule has 0 aliphatic carbocycles. The Kier molecular flexibility index (Phi) is 4.82. The van der Waals surface area contributed by atoms with E-state index in [9.17, 15) is 9.90 Å². The SMILES string of the molecule is Cc1nnsc1C(=O)NCC(O)CC(C)C. The van der Waals surface area contributed by atoms with Crippen LogP contribution < -0.4 is 5.32 Å². The van der Waals surface area contributed by atoms with Crippen molar-refractivity contribution in [1.82, 2.24) is 14.9 Å².